The largest absolute Gasteiger partial charge is 0.491 e. The van der Waals surface area contributed by atoms with E-state index in [0.29, 0.717) is 5.46 Å². The van der Waals surface area contributed by atoms with Crippen molar-refractivity contribution in [3.05, 3.63) is 30.0 Å². The Hall–Kier alpha value is -1.30. The van der Waals surface area contributed by atoms with Gasteiger partial charge < -0.3 is 19.8 Å². The molecule has 0 atom stereocenters. The Balaban J connectivity index is 2.27. The Labute approximate surface area is 119 Å². The van der Waals surface area contributed by atoms with E-state index in [-0.39, 0.29) is 0 Å². The van der Waals surface area contributed by atoms with Crippen molar-refractivity contribution in [3.8, 4) is 0 Å². The molecule has 0 unspecified atom stereocenters. The highest BCUT2D eigenvalue weighted by Gasteiger charge is 2.39. The number of rotatable bonds is 4. The quantitative estimate of drug-likeness (QED) is 0.744. The first kappa shape index (κ1) is 15.1. The monoisotopic (exact) mass is 275 g/mol. The van der Waals surface area contributed by atoms with Crippen LogP contribution in [0.15, 0.2) is 24.4 Å². The molecular weight excluding hydrogens is 253 g/mol. The van der Waals surface area contributed by atoms with Crippen molar-refractivity contribution in [1.82, 2.24) is 4.98 Å². The van der Waals surface area contributed by atoms with Crippen LogP contribution in [0.1, 0.15) is 33.3 Å². The van der Waals surface area contributed by atoms with Gasteiger partial charge in [0, 0.05) is 17.1 Å². The summed E-state index contributed by atoms with van der Waals surface area (Å²) >= 11 is 0. The second kappa shape index (κ2) is 4.92. The summed E-state index contributed by atoms with van der Waals surface area (Å²) in [7, 11) is -1.07. The smallest absolute Gasteiger partial charge is 0.423 e. The lowest BCUT2D eigenvalue weighted by Crippen LogP contribution is -2.53. The van der Waals surface area contributed by atoms with Crippen molar-refractivity contribution in [2.24, 2.45) is 0 Å². The highest BCUT2D eigenvalue weighted by molar-refractivity contribution is 6.60. The van der Waals surface area contributed by atoms with Gasteiger partial charge in [-0.2, -0.15) is 0 Å². The molecule has 5 heteroatoms. The molecule has 108 valence electrons. The number of aryl methyl sites for hydroxylation is 1. The summed E-state index contributed by atoms with van der Waals surface area (Å²) in [5.74, 6) is 0. The second-order valence-electron chi connectivity index (χ2n) is 6.32. The van der Waals surface area contributed by atoms with Crippen LogP contribution >= 0.6 is 0 Å². The van der Waals surface area contributed by atoms with E-state index in [1.54, 1.807) is 27.7 Å². The number of benzene rings is 1. The van der Waals surface area contributed by atoms with Crippen LogP contribution in [-0.2, 0) is 4.65 Å². The number of hydrogen-bond donors (Lipinski definition) is 3. The number of H-pyrrole nitrogens is 1. The van der Waals surface area contributed by atoms with Gasteiger partial charge in [0.1, 0.15) is 0 Å². The van der Waals surface area contributed by atoms with Gasteiger partial charge in [0.05, 0.1) is 11.2 Å². The topological polar surface area (TPSA) is 65.5 Å². The lowest BCUT2D eigenvalue weighted by atomic mass is 9.76. The number of aromatic amines is 1. The molecule has 0 saturated carbocycles. The standard InChI is InChI=1S/C15H22BNO3/c1-10-9-17-13-7-6-11(8-12(10)13)16(19)20-15(4,5)14(2,3)18/h6-9,17-19H,1-5H3. The highest BCUT2D eigenvalue weighted by atomic mass is 16.5. The van der Waals surface area contributed by atoms with Crippen molar-refractivity contribution in [2.45, 2.75) is 45.8 Å². The van der Waals surface area contributed by atoms with Gasteiger partial charge in [-0.15, -0.1) is 0 Å². The summed E-state index contributed by atoms with van der Waals surface area (Å²) in [6.07, 6.45) is 1.93. The molecule has 0 aliphatic carbocycles. The van der Waals surface area contributed by atoms with E-state index in [9.17, 15) is 10.1 Å². The van der Waals surface area contributed by atoms with E-state index in [4.69, 9.17) is 4.65 Å². The van der Waals surface area contributed by atoms with Gasteiger partial charge in [0.2, 0.25) is 0 Å². The molecule has 0 bridgehead atoms. The van der Waals surface area contributed by atoms with E-state index >= 15 is 0 Å². The van der Waals surface area contributed by atoms with Crippen molar-refractivity contribution < 1.29 is 14.8 Å². The molecule has 1 aromatic carbocycles. The lowest BCUT2D eigenvalue weighted by Gasteiger charge is -2.38. The minimum Gasteiger partial charge on any atom is -0.423 e. The average molecular weight is 275 g/mol. The Morgan fingerprint density at radius 1 is 1.20 bits per heavy atom. The predicted octanol–water partition coefficient (Wildman–Crippen LogP) is 1.73. The van der Waals surface area contributed by atoms with Crippen LogP contribution in [0.25, 0.3) is 10.9 Å². The molecule has 1 heterocycles. The molecule has 2 aromatic rings. The zero-order valence-corrected chi connectivity index (χ0v) is 12.7. The van der Waals surface area contributed by atoms with Gasteiger partial charge in [-0.1, -0.05) is 12.1 Å². The zero-order chi connectivity index (χ0) is 15.1. The molecule has 0 fully saturated rings. The summed E-state index contributed by atoms with van der Waals surface area (Å²) in [5.41, 5.74) is 0.907. The summed E-state index contributed by atoms with van der Waals surface area (Å²) in [4.78, 5) is 3.16. The third kappa shape index (κ3) is 2.75. The zero-order valence-electron chi connectivity index (χ0n) is 12.7. The lowest BCUT2D eigenvalue weighted by molar-refractivity contribution is -0.0982. The Morgan fingerprint density at radius 3 is 2.45 bits per heavy atom. The van der Waals surface area contributed by atoms with Crippen LogP contribution < -0.4 is 5.46 Å². The molecule has 0 radical (unpaired) electrons. The fraction of sp³-hybridized carbons (Fsp3) is 0.467. The molecule has 0 amide bonds. The third-order valence-electron chi connectivity index (χ3n) is 4.08. The van der Waals surface area contributed by atoms with Crippen LogP contribution in [-0.4, -0.2) is 33.4 Å². The maximum atomic E-state index is 10.3. The molecular formula is C15H22BNO3. The summed E-state index contributed by atoms with van der Waals surface area (Å²) in [5, 5.41) is 21.4. The van der Waals surface area contributed by atoms with Crippen LogP contribution in [0.3, 0.4) is 0 Å². The van der Waals surface area contributed by atoms with Crippen molar-refractivity contribution >= 4 is 23.5 Å². The van der Waals surface area contributed by atoms with E-state index in [2.05, 4.69) is 4.98 Å². The van der Waals surface area contributed by atoms with Gasteiger partial charge in [-0.05, 0) is 51.7 Å². The SMILES string of the molecule is Cc1c[nH]c2ccc(B(O)OC(C)(C)C(C)(C)O)cc12. The van der Waals surface area contributed by atoms with Gasteiger partial charge in [-0.25, -0.2) is 0 Å². The average Bonchev–Trinajstić information content (AvgIpc) is 2.68. The molecule has 3 N–H and O–H groups in total. The number of fused-ring (bicyclic) bond motifs is 1. The molecule has 1 aromatic heterocycles. The minimum absolute atomic E-state index is 0.678. The number of hydrogen-bond acceptors (Lipinski definition) is 3. The maximum Gasteiger partial charge on any atom is 0.491 e. The molecule has 0 spiro atoms. The third-order valence-corrected chi connectivity index (χ3v) is 4.08. The van der Waals surface area contributed by atoms with Gasteiger partial charge >= 0.3 is 7.12 Å². The normalized spacial score (nSPS) is 12.9. The Morgan fingerprint density at radius 2 is 1.85 bits per heavy atom. The number of aliphatic hydroxyl groups is 1. The minimum atomic E-state index is -1.07. The molecule has 4 nitrogen and oxygen atoms in total. The highest BCUT2D eigenvalue weighted by Crippen LogP contribution is 2.25. The van der Waals surface area contributed by atoms with Crippen molar-refractivity contribution in [1.29, 1.82) is 0 Å². The number of nitrogens with one attached hydrogen (secondary N) is 1. The Bertz CT molecular complexity index is 613. The van der Waals surface area contributed by atoms with E-state index in [0.717, 1.165) is 16.5 Å². The second-order valence-corrected chi connectivity index (χ2v) is 6.32. The van der Waals surface area contributed by atoms with Gasteiger partial charge in [-0.3, -0.25) is 0 Å². The van der Waals surface area contributed by atoms with E-state index in [1.165, 1.54) is 0 Å². The maximum absolute atomic E-state index is 10.3. The van der Waals surface area contributed by atoms with Gasteiger partial charge in [0.25, 0.3) is 0 Å². The van der Waals surface area contributed by atoms with Crippen LogP contribution in [0.5, 0.6) is 0 Å². The summed E-state index contributed by atoms with van der Waals surface area (Å²) < 4.78 is 5.65. The predicted molar refractivity (Wildman–Crippen MR) is 82.1 cm³/mol. The first-order valence-electron chi connectivity index (χ1n) is 6.78. The fourth-order valence-electron chi connectivity index (χ4n) is 1.92. The molecule has 0 aliphatic heterocycles. The van der Waals surface area contributed by atoms with E-state index < -0.39 is 18.3 Å². The summed E-state index contributed by atoms with van der Waals surface area (Å²) in [6, 6.07) is 5.65. The van der Waals surface area contributed by atoms with Crippen LogP contribution in [0, 0.1) is 6.92 Å². The Kier molecular flexibility index (Phi) is 3.71. The van der Waals surface area contributed by atoms with Crippen molar-refractivity contribution in [2.75, 3.05) is 0 Å². The van der Waals surface area contributed by atoms with E-state index in [1.807, 2.05) is 31.3 Å². The fourth-order valence-corrected chi connectivity index (χ4v) is 1.92. The molecule has 0 saturated heterocycles. The van der Waals surface area contributed by atoms with Crippen LogP contribution in [0.4, 0.5) is 0 Å². The molecule has 2 rings (SSSR count). The first-order chi connectivity index (χ1) is 9.12. The first-order valence-corrected chi connectivity index (χ1v) is 6.78. The van der Waals surface area contributed by atoms with Crippen molar-refractivity contribution in [3.63, 3.8) is 0 Å². The van der Waals surface area contributed by atoms with Crippen LogP contribution in [0.2, 0.25) is 0 Å². The summed E-state index contributed by atoms with van der Waals surface area (Å²) in [6.45, 7) is 8.86. The molecule has 0 aliphatic rings. The van der Waals surface area contributed by atoms with Gasteiger partial charge in [0.15, 0.2) is 0 Å². The molecule has 20 heavy (non-hydrogen) atoms. The number of aromatic nitrogens is 1.